The summed E-state index contributed by atoms with van der Waals surface area (Å²) in [4.78, 5) is 34.6. The van der Waals surface area contributed by atoms with Crippen LogP contribution in [0, 0.1) is 0 Å². The third-order valence-corrected chi connectivity index (χ3v) is 1.68. The maximum atomic E-state index is 11.1. The number of nitrogens with one attached hydrogen (secondary N) is 1. The third-order valence-electron chi connectivity index (χ3n) is 1.68. The molecule has 6 nitrogen and oxygen atoms in total. The molecule has 0 atom stereocenters. The summed E-state index contributed by atoms with van der Waals surface area (Å²) in [6.45, 7) is 0.197. The van der Waals surface area contributed by atoms with Crippen LogP contribution in [0.1, 0.15) is 6.42 Å². The molecule has 0 saturated carbocycles. The molecule has 0 aromatic carbocycles. The summed E-state index contributed by atoms with van der Waals surface area (Å²) in [6.07, 6.45) is 1.44. The molecule has 0 amide bonds. The van der Waals surface area contributed by atoms with Crippen LogP contribution in [0.25, 0.3) is 0 Å². The van der Waals surface area contributed by atoms with Gasteiger partial charge in [0.2, 0.25) is 0 Å². The fourth-order valence-electron chi connectivity index (χ4n) is 0.934. The molecule has 14 heavy (non-hydrogen) atoms. The predicted octanol–water partition coefficient (Wildman–Crippen LogP) is -0.900. The average Bonchev–Trinajstić information content (AvgIpc) is 2.16. The molecule has 1 heterocycles. The van der Waals surface area contributed by atoms with E-state index in [1.54, 1.807) is 0 Å². The number of carbonyl (C=O) groups excluding carboxylic acids is 1. The number of hydrogen-bond donors (Lipinski definition) is 1. The van der Waals surface area contributed by atoms with Crippen LogP contribution in [-0.4, -0.2) is 22.6 Å². The normalized spacial score (nSPS) is 9.79. The van der Waals surface area contributed by atoms with Gasteiger partial charge in [-0.25, -0.2) is 4.79 Å². The van der Waals surface area contributed by atoms with Crippen molar-refractivity contribution in [2.75, 3.05) is 7.11 Å². The molecule has 0 aliphatic heterocycles. The van der Waals surface area contributed by atoms with Crippen molar-refractivity contribution in [2.24, 2.45) is 0 Å². The zero-order valence-corrected chi connectivity index (χ0v) is 7.65. The van der Waals surface area contributed by atoms with E-state index in [1.165, 1.54) is 23.9 Å². The second-order valence-electron chi connectivity index (χ2n) is 2.63. The predicted molar refractivity (Wildman–Crippen MR) is 48.0 cm³/mol. The first-order valence-electron chi connectivity index (χ1n) is 4.00. The van der Waals surface area contributed by atoms with Crippen LogP contribution in [0.2, 0.25) is 0 Å². The van der Waals surface area contributed by atoms with E-state index < -0.39 is 17.2 Å². The summed E-state index contributed by atoms with van der Waals surface area (Å²) in [5.41, 5.74) is -0.981. The first kappa shape index (κ1) is 10.2. The van der Waals surface area contributed by atoms with E-state index in [9.17, 15) is 14.4 Å². The molecule has 1 aromatic heterocycles. The summed E-state index contributed by atoms with van der Waals surface area (Å²) >= 11 is 0. The fraction of sp³-hybridized carbons (Fsp3) is 0.375. The molecule has 1 aromatic rings. The number of aryl methyl sites for hydroxylation is 1. The number of H-pyrrole nitrogens is 1. The van der Waals surface area contributed by atoms with Gasteiger partial charge in [-0.1, -0.05) is 0 Å². The molecule has 1 N–H and O–H groups in total. The van der Waals surface area contributed by atoms with E-state index in [2.05, 4.69) is 9.72 Å². The van der Waals surface area contributed by atoms with Gasteiger partial charge in [-0.3, -0.25) is 14.6 Å². The lowest BCUT2D eigenvalue weighted by molar-refractivity contribution is -0.140. The van der Waals surface area contributed by atoms with Crippen molar-refractivity contribution < 1.29 is 9.53 Å². The molecule has 1 rings (SSSR count). The first-order chi connectivity index (χ1) is 6.63. The second-order valence-corrected chi connectivity index (χ2v) is 2.63. The maximum absolute atomic E-state index is 11.1. The lowest BCUT2D eigenvalue weighted by Gasteiger charge is -2.02. The van der Waals surface area contributed by atoms with Gasteiger partial charge < -0.3 is 9.30 Å². The molecule has 0 radical (unpaired) electrons. The Labute approximate surface area is 79.1 Å². The van der Waals surface area contributed by atoms with E-state index >= 15 is 0 Å². The van der Waals surface area contributed by atoms with Crippen molar-refractivity contribution in [3.8, 4) is 0 Å². The number of rotatable bonds is 3. The molecule has 0 bridgehead atoms. The van der Waals surface area contributed by atoms with Gasteiger partial charge in [0.05, 0.1) is 13.5 Å². The summed E-state index contributed by atoms with van der Waals surface area (Å²) < 4.78 is 5.64. The molecule has 0 fully saturated rings. The van der Waals surface area contributed by atoms with Crippen LogP contribution in [0.3, 0.4) is 0 Å². The van der Waals surface area contributed by atoms with Crippen molar-refractivity contribution in [1.29, 1.82) is 0 Å². The number of ether oxygens (including phenoxy) is 1. The molecular weight excluding hydrogens is 188 g/mol. The topological polar surface area (TPSA) is 81.2 Å². The monoisotopic (exact) mass is 198 g/mol. The SMILES string of the molecule is COC(=O)CCn1ccc(=O)[nH]c1=O. The average molecular weight is 198 g/mol. The Bertz CT molecular complexity index is 431. The van der Waals surface area contributed by atoms with Crippen molar-refractivity contribution in [2.45, 2.75) is 13.0 Å². The molecule has 0 unspecified atom stereocenters. The molecule has 6 heteroatoms. The molecule has 0 saturated heterocycles. The van der Waals surface area contributed by atoms with Crippen molar-refractivity contribution in [3.63, 3.8) is 0 Å². The zero-order valence-electron chi connectivity index (χ0n) is 7.65. The van der Waals surface area contributed by atoms with Crippen LogP contribution in [0.15, 0.2) is 21.9 Å². The van der Waals surface area contributed by atoms with Crippen LogP contribution in [-0.2, 0) is 16.1 Å². The smallest absolute Gasteiger partial charge is 0.328 e. The zero-order chi connectivity index (χ0) is 10.6. The van der Waals surface area contributed by atoms with E-state index in [0.29, 0.717) is 0 Å². The molecule has 0 spiro atoms. The Balaban J connectivity index is 2.73. The van der Waals surface area contributed by atoms with Gasteiger partial charge in [-0.2, -0.15) is 0 Å². The minimum Gasteiger partial charge on any atom is -0.469 e. The number of aromatic amines is 1. The Morgan fingerprint density at radius 1 is 1.57 bits per heavy atom. The quantitative estimate of drug-likeness (QED) is 0.638. The Morgan fingerprint density at radius 2 is 2.29 bits per heavy atom. The number of esters is 1. The molecule has 0 aliphatic rings. The van der Waals surface area contributed by atoms with Crippen LogP contribution in [0.5, 0.6) is 0 Å². The van der Waals surface area contributed by atoms with Crippen LogP contribution < -0.4 is 11.2 Å². The highest BCUT2D eigenvalue weighted by Crippen LogP contribution is 1.87. The number of nitrogens with zero attached hydrogens (tertiary/aromatic N) is 1. The van der Waals surface area contributed by atoms with Gasteiger partial charge in [0.1, 0.15) is 0 Å². The van der Waals surface area contributed by atoms with Gasteiger partial charge in [0.25, 0.3) is 5.56 Å². The molecule has 0 aliphatic carbocycles. The maximum Gasteiger partial charge on any atom is 0.328 e. The third kappa shape index (κ3) is 2.58. The van der Waals surface area contributed by atoms with E-state index in [1.807, 2.05) is 0 Å². The Kier molecular flexibility index (Phi) is 3.22. The van der Waals surface area contributed by atoms with E-state index in [-0.39, 0.29) is 13.0 Å². The van der Waals surface area contributed by atoms with Gasteiger partial charge >= 0.3 is 11.7 Å². The number of hydrogen-bond acceptors (Lipinski definition) is 4. The summed E-state index contributed by atoms with van der Waals surface area (Å²) in [5, 5.41) is 0. The second kappa shape index (κ2) is 4.40. The Hall–Kier alpha value is -1.85. The largest absolute Gasteiger partial charge is 0.469 e. The highest BCUT2D eigenvalue weighted by Gasteiger charge is 2.01. The van der Waals surface area contributed by atoms with Crippen LogP contribution in [0.4, 0.5) is 0 Å². The molecule has 76 valence electrons. The minimum atomic E-state index is -0.526. The van der Waals surface area contributed by atoms with Crippen molar-refractivity contribution in [1.82, 2.24) is 9.55 Å². The Morgan fingerprint density at radius 3 is 2.86 bits per heavy atom. The summed E-state index contributed by atoms with van der Waals surface area (Å²) in [5.74, 6) is -0.400. The highest BCUT2D eigenvalue weighted by atomic mass is 16.5. The van der Waals surface area contributed by atoms with E-state index in [0.717, 1.165) is 0 Å². The summed E-state index contributed by atoms with van der Waals surface area (Å²) in [7, 11) is 1.28. The van der Waals surface area contributed by atoms with Gasteiger partial charge in [-0.05, 0) is 0 Å². The van der Waals surface area contributed by atoms with Crippen molar-refractivity contribution in [3.05, 3.63) is 33.1 Å². The van der Waals surface area contributed by atoms with Gasteiger partial charge in [-0.15, -0.1) is 0 Å². The van der Waals surface area contributed by atoms with Crippen molar-refractivity contribution >= 4 is 5.97 Å². The highest BCUT2D eigenvalue weighted by molar-refractivity contribution is 5.68. The minimum absolute atomic E-state index is 0.0997. The van der Waals surface area contributed by atoms with Crippen LogP contribution >= 0.6 is 0 Å². The summed E-state index contributed by atoms with van der Waals surface area (Å²) in [6, 6.07) is 1.22. The molecular formula is C8H10N2O4. The standard InChI is InChI=1S/C8H10N2O4/c1-14-7(12)3-5-10-4-2-6(11)9-8(10)13/h2,4H,3,5H2,1H3,(H,9,11,13). The lowest BCUT2D eigenvalue weighted by Crippen LogP contribution is -2.29. The fourth-order valence-corrected chi connectivity index (χ4v) is 0.934. The van der Waals surface area contributed by atoms with E-state index in [4.69, 9.17) is 0 Å². The number of methoxy groups -OCH3 is 1. The van der Waals surface area contributed by atoms with Gasteiger partial charge in [0.15, 0.2) is 0 Å². The number of aromatic nitrogens is 2. The lowest BCUT2D eigenvalue weighted by atomic mass is 10.4. The number of carbonyl (C=O) groups is 1. The first-order valence-corrected chi connectivity index (χ1v) is 4.00. The van der Waals surface area contributed by atoms with Gasteiger partial charge in [0, 0.05) is 18.8 Å².